The lowest BCUT2D eigenvalue weighted by molar-refractivity contribution is 0.0686. The summed E-state index contributed by atoms with van der Waals surface area (Å²) in [6.45, 7) is 0. The molecule has 0 atom stereocenters. The maximum absolute atomic E-state index is 11.3. The van der Waals surface area contributed by atoms with Crippen molar-refractivity contribution in [2.75, 3.05) is 0 Å². The summed E-state index contributed by atoms with van der Waals surface area (Å²) in [5.41, 5.74) is 0.265. The molecule has 0 spiro atoms. The van der Waals surface area contributed by atoms with E-state index in [-0.39, 0.29) is 11.4 Å². The number of hydrogen-bond acceptors (Lipinski definition) is 5. The van der Waals surface area contributed by atoms with Gasteiger partial charge in [-0.05, 0) is 12.1 Å². The Labute approximate surface area is 124 Å². The van der Waals surface area contributed by atoms with Crippen molar-refractivity contribution in [3.8, 4) is 11.5 Å². The Bertz CT molecular complexity index is 839. The number of halogens is 1. The molecule has 7 heteroatoms. The lowest BCUT2D eigenvalue weighted by Gasteiger charge is -2.10. The first kappa shape index (κ1) is 13.3. The third-order valence-electron chi connectivity index (χ3n) is 2.72. The predicted octanol–water partition coefficient (Wildman–Crippen LogP) is 3.17. The van der Waals surface area contributed by atoms with Gasteiger partial charge in [0.15, 0.2) is 5.75 Å². The maximum atomic E-state index is 11.3. The number of aromatic carboxylic acids is 1. The zero-order valence-electron chi connectivity index (χ0n) is 10.5. The van der Waals surface area contributed by atoms with Gasteiger partial charge in [-0.1, -0.05) is 23.7 Å². The summed E-state index contributed by atoms with van der Waals surface area (Å²) in [5.74, 6) is -0.793. The quantitative estimate of drug-likeness (QED) is 0.799. The second-order valence-corrected chi connectivity index (χ2v) is 4.58. The van der Waals surface area contributed by atoms with Crippen molar-refractivity contribution >= 4 is 28.5 Å². The van der Waals surface area contributed by atoms with E-state index in [2.05, 4.69) is 15.2 Å². The summed E-state index contributed by atoms with van der Waals surface area (Å²) in [7, 11) is 0. The first-order valence-electron chi connectivity index (χ1n) is 5.92. The van der Waals surface area contributed by atoms with Crippen LogP contribution in [0.1, 0.15) is 10.5 Å². The summed E-state index contributed by atoms with van der Waals surface area (Å²) in [6.07, 6.45) is 2.89. The number of nitrogens with zero attached hydrogens (tertiary/aromatic N) is 3. The van der Waals surface area contributed by atoms with Crippen molar-refractivity contribution in [3.63, 3.8) is 0 Å². The van der Waals surface area contributed by atoms with Crippen molar-refractivity contribution in [2.24, 2.45) is 0 Å². The molecule has 2 aromatic heterocycles. The number of fused-ring (bicyclic) bond motifs is 1. The average Bonchev–Trinajstić information content (AvgIpc) is 2.47. The highest BCUT2D eigenvalue weighted by Gasteiger charge is 2.19. The molecule has 0 aliphatic carbocycles. The molecule has 21 heavy (non-hydrogen) atoms. The van der Waals surface area contributed by atoms with Gasteiger partial charge in [0.25, 0.3) is 0 Å². The van der Waals surface area contributed by atoms with Crippen LogP contribution >= 0.6 is 11.6 Å². The van der Waals surface area contributed by atoms with E-state index >= 15 is 0 Å². The fraction of sp³-hybridized carbons (Fsp3) is 0. The van der Waals surface area contributed by atoms with Gasteiger partial charge in [0.2, 0.25) is 5.69 Å². The van der Waals surface area contributed by atoms with Gasteiger partial charge in [-0.25, -0.2) is 4.79 Å². The van der Waals surface area contributed by atoms with Crippen molar-refractivity contribution in [1.29, 1.82) is 0 Å². The number of carboxylic acid groups (broad SMARTS) is 1. The summed E-state index contributed by atoms with van der Waals surface area (Å²) < 4.78 is 5.63. The van der Waals surface area contributed by atoms with Gasteiger partial charge < -0.3 is 9.84 Å². The van der Waals surface area contributed by atoms with E-state index in [0.717, 1.165) is 0 Å². The molecule has 0 aliphatic rings. The molecule has 0 radical (unpaired) electrons. The molecule has 3 rings (SSSR count). The number of ether oxygens (including phenoxy) is 1. The molecule has 2 heterocycles. The molecule has 0 saturated carbocycles. The van der Waals surface area contributed by atoms with E-state index < -0.39 is 5.97 Å². The number of rotatable bonds is 3. The molecule has 0 aliphatic heterocycles. The molecular weight excluding hydrogens is 294 g/mol. The fourth-order valence-corrected chi connectivity index (χ4v) is 2.00. The van der Waals surface area contributed by atoms with Gasteiger partial charge in [-0.15, -0.1) is 10.2 Å². The van der Waals surface area contributed by atoms with E-state index in [1.165, 1.54) is 18.5 Å². The maximum Gasteiger partial charge on any atom is 0.360 e. The molecular formula is C14H8ClN3O3. The number of aromatic nitrogens is 3. The highest BCUT2D eigenvalue weighted by molar-refractivity contribution is 6.30. The standard InChI is InChI=1S/C14H8ClN3O3/c15-8-5-9(7-16-6-8)21-13-10-3-1-2-4-11(10)17-18-12(13)14(19)20/h1-7H,(H,19,20). The van der Waals surface area contributed by atoms with E-state index in [4.69, 9.17) is 16.3 Å². The van der Waals surface area contributed by atoms with E-state index in [9.17, 15) is 9.90 Å². The van der Waals surface area contributed by atoms with Gasteiger partial charge >= 0.3 is 5.97 Å². The van der Waals surface area contributed by atoms with Gasteiger partial charge in [-0.2, -0.15) is 0 Å². The van der Waals surface area contributed by atoms with Crippen LogP contribution in [-0.2, 0) is 0 Å². The molecule has 1 N–H and O–H groups in total. The third-order valence-corrected chi connectivity index (χ3v) is 2.93. The lowest BCUT2D eigenvalue weighted by atomic mass is 10.2. The summed E-state index contributed by atoms with van der Waals surface area (Å²) in [6, 6.07) is 8.51. The molecule has 0 unspecified atom stereocenters. The Balaban J connectivity index is 2.18. The normalized spacial score (nSPS) is 10.5. The van der Waals surface area contributed by atoms with Crippen molar-refractivity contribution in [2.45, 2.75) is 0 Å². The predicted molar refractivity (Wildman–Crippen MR) is 75.8 cm³/mol. The van der Waals surface area contributed by atoms with Crippen LogP contribution in [0.15, 0.2) is 42.7 Å². The second kappa shape index (κ2) is 5.34. The van der Waals surface area contributed by atoms with Crippen LogP contribution in [0.2, 0.25) is 5.02 Å². The van der Waals surface area contributed by atoms with Crippen LogP contribution < -0.4 is 4.74 Å². The summed E-state index contributed by atoms with van der Waals surface area (Å²) in [5, 5.41) is 17.7. The topological polar surface area (TPSA) is 85.2 Å². The van der Waals surface area contributed by atoms with Gasteiger partial charge in [0, 0.05) is 17.6 Å². The highest BCUT2D eigenvalue weighted by atomic mass is 35.5. The Morgan fingerprint density at radius 2 is 2.00 bits per heavy atom. The van der Waals surface area contributed by atoms with Crippen LogP contribution in [0, 0.1) is 0 Å². The van der Waals surface area contributed by atoms with Crippen LogP contribution in [0.5, 0.6) is 11.5 Å². The molecule has 0 amide bonds. The van der Waals surface area contributed by atoms with Crippen molar-refractivity contribution in [1.82, 2.24) is 15.2 Å². The molecule has 6 nitrogen and oxygen atoms in total. The lowest BCUT2D eigenvalue weighted by Crippen LogP contribution is -2.06. The fourth-order valence-electron chi connectivity index (χ4n) is 1.84. The van der Waals surface area contributed by atoms with Crippen molar-refractivity contribution in [3.05, 3.63) is 53.4 Å². The molecule has 104 valence electrons. The summed E-state index contributed by atoms with van der Waals surface area (Å²) in [4.78, 5) is 15.2. The number of carbonyl (C=O) groups is 1. The third kappa shape index (κ3) is 2.61. The smallest absolute Gasteiger partial charge is 0.360 e. The van der Waals surface area contributed by atoms with Gasteiger partial charge in [0.05, 0.1) is 16.7 Å². The van der Waals surface area contributed by atoms with Crippen molar-refractivity contribution < 1.29 is 14.6 Å². The minimum Gasteiger partial charge on any atom is -0.476 e. The summed E-state index contributed by atoms with van der Waals surface area (Å²) >= 11 is 5.84. The average molecular weight is 302 g/mol. The minimum atomic E-state index is -1.22. The number of hydrogen-bond donors (Lipinski definition) is 1. The SMILES string of the molecule is O=C(O)c1nnc2ccccc2c1Oc1cncc(Cl)c1. The van der Waals surface area contributed by atoms with E-state index in [1.54, 1.807) is 24.3 Å². The van der Waals surface area contributed by atoms with Crippen LogP contribution in [0.4, 0.5) is 0 Å². The Hall–Kier alpha value is -2.73. The largest absolute Gasteiger partial charge is 0.476 e. The highest BCUT2D eigenvalue weighted by Crippen LogP contribution is 2.31. The number of benzene rings is 1. The van der Waals surface area contributed by atoms with Gasteiger partial charge in [-0.3, -0.25) is 4.98 Å². The molecule has 3 aromatic rings. The zero-order chi connectivity index (χ0) is 14.8. The second-order valence-electron chi connectivity index (χ2n) is 4.14. The zero-order valence-corrected chi connectivity index (χ0v) is 11.3. The first-order valence-corrected chi connectivity index (χ1v) is 6.30. The molecule has 0 fully saturated rings. The Kier molecular flexibility index (Phi) is 3.37. The first-order chi connectivity index (χ1) is 10.1. The Morgan fingerprint density at radius 1 is 1.19 bits per heavy atom. The molecule has 0 bridgehead atoms. The molecule has 0 saturated heterocycles. The van der Waals surface area contributed by atoms with Gasteiger partial charge in [0.1, 0.15) is 5.75 Å². The minimum absolute atomic E-state index is 0.108. The van der Waals surface area contributed by atoms with E-state index in [1.807, 2.05) is 0 Å². The van der Waals surface area contributed by atoms with Crippen LogP contribution in [0.3, 0.4) is 0 Å². The van der Waals surface area contributed by atoms with E-state index in [0.29, 0.717) is 21.7 Å². The molecule has 1 aromatic carbocycles. The van der Waals surface area contributed by atoms with Crippen LogP contribution in [0.25, 0.3) is 10.9 Å². The Morgan fingerprint density at radius 3 is 2.76 bits per heavy atom. The number of carboxylic acids is 1. The van der Waals surface area contributed by atoms with Crippen LogP contribution in [-0.4, -0.2) is 26.3 Å². The number of pyridine rings is 1. The monoisotopic (exact) mass is 301 g/mol.